The maximum Gasteiger partial charge on any atom is 0.305 e. The summed E-state index contributed by atoms with van der Waals surface area (Å²) in [4.78, 5) is 58.5. The summed E-state index contributed by atoms with van der Waals surface area (Å²) < 4.78 is 13.0. The van der Waals surface area contributed by atoms with Crippen molar-refractivity contribution in [2.24, 2.45) is 0 Å². The summed E-state index contributed by atoms with van der Waals surface area (Å²) in [6, 6.07) is 2.72. The van der Waals surface area contributed by atoms with Gasteiger partial charge in [0.05, 0.1) is 12.6 Å². The fourth-order valence-corrected chi connectivity index (χ4v) is 2.44. The third kappa shape index (κ3) is 9.04. The van der Waals surface area contributed by atoms with Crippen LogP contribution >= 0.6 is 0 Å². The number of nitrogens with one attached hydrogen (secondary N) is 4. The number of Topliss-reactive ketones (excluding diaryl/α,β-unsaturated/α-hetero) is 1. The van der Waals surface area contributed by atoms with Crippen molar-refractivity contribution >= 4 is 35.7 Å². The number of carboxylic acid groups (broad SMARTS) is 1. The van der Waals surface area contributed by atoms with Gasteiger partial charge in [0, 0.05) is 19.9 Å². The molecule has 1 rings (SSSR count). The molecule has 0 aliphatic carbocycles. The van der Waals surface area contributed by atoms with E-state index in [1.807, 2.05) is 0 Å². The van der Waals surface area contributed by atoms with E-state index in [4.69, 9.17) is 10.5 Å². The maximum atomic E-state index is 13.0. The molecule has 0 fully saturated rings. The largest absolute Gasteiger partial charge is 0.481 e. The zero-order valence-electron chi connectivity index (χ0n) is 16.2. The van der Waals surface area contributed by atoms with E-state index < -0.39 is 53.8 Å². The van der Waals surface area contributed by atoms with Crippen molar-refractivity contribution in [3.05, 3.63) is 35.6 Å². The molecule has 0 spiro atoms. The number of aliphatic carboxylic acids is 1. The topological polar surface area (TPSA) is 166 Å². The highest BCUT2D eigenvalue weighted by atomic mass is 19.1. The molecule has 162 valence electrons. The Kier molecular flexibility index (Phi) is 9.80. The van der Waals surface area contributed by atoms with Crippen molar-refractivity contribution in [3.8, 4) is 0 Å². The summed E-state index contributed by atoms with van der Waals surface area (Å²) in [5.74, 6) is -4.54. The lowest BCUT2D eigenvalue weighted by molar-refractivity contribution is -0.140. The van der Waals surface area contributed by atoms with Gasteiger partial charge in [-0.15, -0.1) is 0 Å². The number of benzene rings is 1. The van der Waals surface area contributed by atoms with Gasteiger partial charge in [-0.05, 0) is 24.1 Å². The molecule has 10 nitrogen and oxygen atoms in total. The van der Waals surface area contributed by atoms with Gasteiger partial charge >= 0.3 is 5.97 Å². The molecule has 1 aromatic carbocycles. The molecule has 0 unspecified atom stereocenters. The van der Waals surface area contributed by atoms with E-state index in [0.29, 0.717) is 11.8 Å². The molecule has 30 heavy (non-hydrogen) atoms. The average Bonchev–Trinajstić information content (AvgIpc) is 2.68. The van der Waals surface area contributed by atoms with Crippen LogP contribution in [-0.2, 0) is 30.5 Å². The number of hydrogen-bond donors (Lipinski definition) is 5. The Morgan fingerprint density at radius 3 is 2.23 bits per heavy atom. The minimum atomic E-state index is -1.41. The monoisotopic (exact) mass is 422 g/mol. The third-order valence-electron chi connectivity index (χ3n) is 3.93. The number of carbonyl (C=O) groups is 5. The second-order valence-electron chi connectivity index (χ2n) is 6.41. The van der Waals surface area contributed by atoms with E-state index in [-0.39, 0.29) is 19.4 Å². The van der Waals surface area contributed by atoms with Crippen molar-refractivity contribution in [3.63, 3.8) is 0 Å². The molecule has 1 aromatic rings. The smallest absolute Gasteiger partial charge is 0.305 e. The second kappa shape index (κ2) is 12.0. The summed E-state index contributed by atoms with van der Waals surface area (Å²) >= 11 is 0. The quantitative estimate of drug-likeness (QED) is 0.295. The van der Waals surface area contributed by atoms with Crippen LogP contribution < -0.4 is 16.0 Å². The molecule has 0 saturated carbocycles. The van der Waals surface area contributed by atoms with Crippen LogP contribution in [0.1, 0.15) is 31.7 Å². The van der Waals surface area contributed by atoms with Gasteiger partial charge in [0.15, 0.2) is 5.78 Å². The van der Waals surface area contributed by atoms with Gasteiger partial charge in [0.1, 0.15) is 17.9 Å². The Labute approximate surface area is 171 Å². The summed E-state index contributed by atoms with van der Waals surface area (Å²) in [5.41, 5.74) is 0.590. The lowest BCUT2D eigenvalue weighted by Crippen LogP contribution is -2.54. The second-order valence-corrected chi connectivity index (χ2v) is 6.41. The van der Waals surface area contributed by atoms with Crippen LogP contribution in [0.3, 0.4) is 0 Å². The highest BCUT2D eigenvalue weighted by molar-refractivity contribution is 6.26. The summed E-state index contributed by atoms with van der Waals surface area (Å²) in [5, 5.41) is 22.9. The SMILES string of the molecule is CC(=O)N[C@@H](CC(=O)O)C(=O)N[C@@H](CCC(=O)C=N)C(=O)NCc1ccc(F)cc1. The van der Waals surface area contributed by atoms with Crippen LogP contribution in [0.5, 0.6) is 0 Å². The Balaban J connectivity index is 2.86. The Morgan fingerprint density at radius 2 is 1.70 bits per heavy atom. The van der Waals surface area contributed by atoms with Gasteiger partial charge in [0.25, 0.3) is 0 Å². The predicted octanol–water partition coefficient (Wildman–Crippen LogP) is -0.0950. The van der Waals surface area contributed by atoms with E-state index >= 15 is 0 Å². The molecule has 3 amide bonds. The van der Waals surface area contributed by atoms with Crippen LogP contribution in [0.4, 0.5) is 4.39 Å². The number of hydrogen-bond acceptors (Lipinski definition) is 6. The van der Waals surface area contributed by atoms with Crippen molar-refractivity contribution < 1.29 is 33.5 Å². The van der Waals surface area contributed by atoms with E-state index in [0.717, 1.165) is 6.92 Å². The molecular weight excluding hydrogens is 399 g/mol. The van der Waals surface area contributed by atoms with Crippen LogP contribution in [0.2, 0.25) is 0 Å². The number of carbonyl (C=O) groups excluding carboxylic acids is 4. The Morgan fingerprint density at radius 1 is 1.07 bits per heavy atom. The predicted molar refractivity (Wildman–Crippen MR) is 103 cm³/mol. The van der Waals surface area contributed by atoms with E-state index in [1.54, 1.807) is 0 Å². The van der Waals surface area contributed by atoms with Gasteiger partial charge in [-0.1, -0.05) is 12.1 Å². The normalized spacial score (nSPS) is 12.2. The number of ketones is 1. The fourth-order valence-electron chi connectivity index (χ4n) is 2.44. The van der Waals surface area contributed by atoms with Gasteiger partial charge in [-0.25, -0.2) is 4.39 Å². The molecule has 0 heterocycles. The van der Waals surface area contributed by atoms with Crippen molar-refractivity contribution in [2.75, 3.05) is 0 Å². The van der Waals surface area contributed by atoms with Gasteiger partial charge in [-0.3, -0.25) is 24.0 Å². The Hall–Kier alpha value is -3.63. The highest BCUT2D eigenvalue weighted by Gasteiger charge is 2.28. The molecule has 0 aromatic heterocycles. The molecule has 0 radical (unpaired) electrons. The van der Waals surface area contributed by atoms with E-state index in [2.05, 4.69) is 16.0 Å². The minimum absolute atomic E-state index is 0.0221. The van der Waals surface area contributed by atoms with Crippen molar-refractivity contribution in [1.82, 2.24) is 16.0 Å². The highest BCUT2D eigenvalue weighted by Crippen LogP contribution is 2.05. The molecule has 2 atom stereocenters. The number of amides is 3. The fraction of sp³-hybridized carbons (Fsp3) is 0.368. The standard InChI is InChI=1S/C19H23FN4O6/c1-11(25)23-16(8-17(27)28)19(30)24-15(7-6-14(26)9-21)18(29)22-10-12-2-4-13(20)5-3-12/h2-5,9,15-16,21H,6-8,10H2,1H3,(H,22,29)(H,23,25)(H,24,30)(H,27,28)/t15-,16-/m0/s1. The third-order valence-corrected chi connectivity index (χ3v) is 3.93. The van der Waals surface area contributed by atoms with Gasteiger partial charge < -0.3 is 26.5 Å². The Bertz CT molecular complexity index is 796. The first-order valence-corrected chi connectivity index (χ1v) is 8.97. The molecule has 5 N–H and O–H groups in total. The zero-order chi connectivity index (χ0) is 22.7. The maximum absolute atomic E-state index is 13.0. The summed E-state index contributed by atoms with van der Waals surface area (Å²) in [6.45, 7) is 1.13. The van der Waals surface area contributed by atoms with Crippen LogP contribution in [0, 0.1) is 11.2 Å². The lowest BCUT2D eigenvalue weighted by atomic mass is 10.1. The van der Waals surface area contributed by atoms with Crippen LogP contribution in [0.25, 0.3) is 0 Å². The molecular formula is C19H23FN4O6. The number of rotatable bonds is 12. The summed E-state index contributed by atoms with van der Waals surface area (Å²) in [7, 11) is 0. The van der Waals surface area contributed by atoms with Gasteiger partial charge in [0.2, 0.25) is 17.7 Å². The van der Waals surface area contributed by atoms with E-state index in [1.165, 1.54) is 24.3 Å². The average molecular weight is 422 g/mol. The molecule has 11 heteroatoms. The van der Waals surface area contributed by atoms with Crippen molar-refractivity contribution in [2.45, 2.75) is 44.8 Å². The van der Waals surface area contributed by atoms with Gasteiger partial charge in [-0.2, -0.15) is 0 Å². The first-order chi connectivity index (χ1) is 14.1. The summed E-state index contributed by atoms with van der Waals surface area (Å²) in [6.07, 6.45) is -0.466. The molecule has 0 aliphatic rings. The number of carboxylic acids is 1. The molecule has 0 aliphatic heterocycles. The number of halogens is 1. The first kappa shape index (κ1) is 24.4. The molecule has 0 bridgehead atoms. The zero-order valence-corrected chi connectivity index (χ0v) is 16.2. The molecule has 0 saturated heterocycles. The van der Waals surface area contributed by atoms with Crippen LogP contribution in [0.15, 0.2) is 24.3 Å². The van der Waals surface area contributed by atoms with E-state index in [9.17, 15) is 28.4 Å². The van der Waals surface area contributed by atoms with Crippen LogP contribution in [-0.4, -0.2) is 52.9 Å². The van der Waals surface area contributed by atoms with Crippen molar-refractivity contribution in [1.29, 1.82) is 5.41 Å². The lowest BCUT2D eigenvalue weighted by Gasteiger charge is -2.22. The first-order valence-electron chi connectivity index (χ1n) is 8.97. The minimum Gasteiger partial charge on any atom is -0.481 e.